The van der Waals surface area contributed by atoms with Crippen LogP contribution in [0.1, 0.15) is 25.8 Å². The molecule has 1 aliphatic carbocycles. The Bertz CT molecular complexity index is 866. The summed E-state index contributed by atoms with van der Waals surface area (Å²) in [5.41, 5.74) is 1.28. The summed E-state index contributed by atoms with van der Waals surface area (Å²) in [6.45, 7) is 5.45. The largest absolute Gasteiger partial charge is 0.466 e. The fourth-order valence-electron chi connectivity index (χ4n) is 4.78. The maximum absolute atomic E-state index is 13.4. The SMILES string of the molecule is CCOC(=O)[C@H]1[C@@H]2C(=O)N(CCO)[C@H](C(=O)Nc3c(C)cccc3Cl)[C@H]2C=C[C@H]1CC. The Morgan fingerprint density at radius 2 is 2.00 bits per heavy atom. The number of carbonyl (C=O) groups is 3. The van der Waals surface area contributed by atoms with Gasteiger partial charge in [0.25, 0.3) is 0 Å². The van der Waals surface area contributed by atoms with E-state index in [9.17, 15) is 19.5 Å². The molecule has 1 fully saturated rings. The van der Waals surface area contributed by atoms with Crippen LogP contribution in [0.25, 0.3) is 0 Å². The summed E-state index contributed by atoms with van der Waals surface area (Å²) in [6.07, 6.45) is 4.46. The Balaban J connectivity index is 1.98. The van der Waals surface area contributed by atoms with Crippen LogP contribution in [0.15, 0.2) is 30.4 Å². The van der Waals surface area contributed by atoms with Gasteiger partial charge < -0.3 is 20.1 Å². The highest BCUT2D eigenvalue weighted by Crippen LogP contribution is 2.45. The number of nitrogens with zero attached hydrogens (tertiary/aromatic N) is 1. The quantitative estimate of drug-likeness (QED) is 0.494. The van der Waals surface area contributed by atoms with Crippen molar-refractivity contribution in [2.75, 3.05) is 25.1 Å². The number of aliphatic hydroxyl groups is 1. The molecule has 0 radical (unpaired) electrons. The molecule has 0 spiro atoms. The van der Waals surface area contributed by atoms with Gasteiger partial charge >= 0.3 is 5.97 Å². The number of allylic oxidation sites excluding steroid dienone is 1. The van der Waals surface area contributed by atoms with Gasteiger partial charge in [-0.2, -0.15) is 0 Å². The molecule has 2 amide bonds. The van der Waals surface area contributed by atoms with E-state index in [-0.39, 0.29) is 31.6 Å². The Morgan fingerprint density at radius 3 is 2.61 bits per heavy atom. The number of ether oxygens (including phenoxy) is 1. The fourth-order valence-corrected chi connectivity index (χ4v) is 5.05. The summed E-state index contributed by atoms with van der Waals surface area (Å²) in [5, 5.41) is 12.8. The van der Waals surface area contributed by atoms with Crippen LogP contribution >= 0.6 is 11.6 Å². The first-order valence-electron chi connectivity index (χ1n) is 10.7. The molecule has 0 aromatic heterocycles. The second kappa shape index (κ2) is 9.83. The Hall–Kier alpha value is -2.38. The van der Waals surface area contributed by atoms with Crippen molar-refractivity contribution in [1.29, 1.82) is 0 Å². The standard InChI is InChI=1S/C23H29ClN2O5/c1-4-14-9-10-15-18(17(14)23(30)31-5-2)22(29)26(11-12-27)20(15)21(28)25-19-13(3)7-6-8-16(19)24/h6-10,14-15,17-18,20,27H,4-5,11-12H2,1-3H3,(H,25,28)/t14-,15+,17-,18-,20+/m1/s1. The zero-order valence-corrected chi connectivity index (χ0v) is 18.8. The molecule has 31 heavy (non-hydrogen) atoms. The van der Waals surface area contributed by atoms with Gasteiger partial charge in [-0.3, -0.25) is 14.4 Å². The van der Waals surface area contributed by atoms with Crippen molar-refractivity contribution in [2.24, 2.45) is 23.7 Å². The number of amides is 2. The maximum Gasteiger partial charge on any atom is 0.310 e. The van der Waals surface area contributed by atoms with E-state index >= 15 is 0 Å². The lowest BCUT2D eigenvalue weighted by molar-refractivity contribution is -0.155. The van der Waals surface area contributed by atoms with Crippen molar-refractivity contribution in [1.82, 2.24) is 4.90 Å². The summed E-state index contributed by atoms with van der Waals surface area (Å²) >= 11 is 6.27. The topological polar surface area (TPSA) is 95.9 Å². The number of halogens is 1. The number of carbonyl (C=O) groups excluding carboxylic acids is 3. The molecule has 8 heteroatoms. The minimum atomic E-state index is -0.855. The second-order valence-corrected chi connectivity index (χ2v) is 8.37. The van der Waals surface area contributed by atoms with E-state index in [4.69, 9.17) is 16.3 Å². The highest BCUT2D eigenvalue weighted by molar-refractivity contribution is 6.34. The molecule has 7 nitrogen and oxygen atoms in total. The number of rotatable bonds is 7. The molecule has 168 valence electrons. The van der Waals surface area contributed by atoms with Gasteiger partial charge in [-0.1, -0.05) is 42.8 Å². The minimum Gasteiger partial charge on any atom is -0.466 e. The molecule has 1 aliphatic heterocycles. The Morgan fingerprint density at radius 1 is 1.26 bits per heavy atom. The average Bonchev–Trinajstić information content (AvgIpc) is 3.02. The van der Waals surface area contributed by atoms with E-state index in [1.807, 2.05) is 32.1 Å². The molecule has 5 atom stereocenters. The van der Waals surface area contributed by atoms with Crippen LogP contribution in [0.3, 0.4) is 0 Å². The molecule has 0 unspecified atom stereocenters. The Kier molecular flexibility index (Phi) is 7.38. The average molecular weight is 449 g/mol. The molecular weight excluding hydrogens is 420 g/mol. The van der Waals surface area contributed by atoms with Crippen LogP contribution in [0.4, 0.5) is 5.69 Å². The summed E-state index contributed by atoms with van der Waals surface area (Å²) in [7, 11) is 0. The number of β-amino-alcohol motifs (C(OH)–C–C–N with tert-alkyl or cyclic N) is 1. The third-order valence-electron chi connectivity index (χ3n) is 6.22. The summed E-state index contributed by atoms with van der Waals surface area (Å²) in [5.74, 6) is -3.14. The predicted octanol–water partition coefficient (Wildman–Crippen LogP) is 2.80. The van der Waals surface area contributed by atoms with Gasteiger partial charge in [0.15, 0.2) is 0 Å². The molecule has 2 aliphatic rings. The number of aliphatic hydroxyl groups excluding tert-OH is 1. The van der Waals surface area contributed by atoms with Gasteiger partial charge in [-0.25, -0.2) is 0 Å². The second-order valence-electron chi connectivity index (χ2n) is 7.96. The lowest BCUT2D eigenvalue weighted by Gasteiger charge is -2.33. The summed E-state index contributed by atoms with van der Waals surface area (Å²) in [6, 6.07) is 4.45. The first-order valence-corrected chi connectivity index (χ1v) is 11.1. The normalized spacial score (nSPS) is 27.2. The van der Waals surface area contributed by atoms with Gasteiger partial charge in [0, 0.05) is 12.5 Å². The monoisotopic (exact) mass is 448 g/mol. The number of nitrogens with one attached hydrogen (secondary N) is 1. The van der Waals surface area contributed by atoms with Gasteiger partial charge in [-0.15, -0.1) is 0 Å². The van der Waals surface area contributed by atoms with Gasteiger partial charge in [0.2, 0.25) is 11.8 Å². The number of likely N-dealkylation sites (tertiary alicyclic amines) is 1. The number of esters is 1. The van der Waals surface area contributed by atoms with E-state index in [1.54, 1.807) is 19.1 Å². The number of benzene rings is 1. The fraction of sp³-hybridized carbons (Fsp3) is 0.522. The first kappa shape index (κ1) is 23.3. The zero-order chi connectivity index (χ0) is 22.7. The number of aryl methyl sites for hydroxylation is 1. The number of hydrogen-bond donors (Lipinski definition) is 2. The number of fused-ring (bicyclic) bond motifs is 1. The molecule has 1 aromatic rings. The third-order valence-corrected chi connectivity index (χ3v) is 6.54. The van der Waals surface area contributed by atoms with E-state index in [2.05, 4.69) is 5.32 Å². The van der Waals surface area contributed by atoms with Gasteiger partial charge in [0.1, 0.15) is 6.04 Å². The smallest absolute Gasteiger partial charge is 0.310 e. The van der Waals surface area contributed by atoms with Gasteiger partial charge in [-0.05, 0) is 37.8 Å². The lowest BCUT2D eigenvalue weighted by Crippen LogP contribution is -2.45. The van der Waals surface area contributed by atoms with Crippen molar-refractivity contribution >= 4 is 35.1 Å². The molecule has 3 rings (SSSR count). The maximum atomic E-state index is 13.4. The van der Waals surface area contributed by atoms with Crippen LogP contribution in [0.5, 0.6) is 0 Å². The summed E-state index contributed by atoms with van der Waals surface area (Å²) < 4.78 is 5.28. The van der Waals surface area contributed by atoms with E-state index in [1.165, 1.54) is 4.90 Å². The third kappa shape index (κ3) is 4.34. The number of para-hydroxylation sites is 1. The molecule has 1 saturated heterocycles. The van der Waals surface area contributed by atoms with Crippen molar-refractivity contribution in [3.63, 3.8) is 0 Å². The van der Waals surface area contributed by atoms with Crippen LogP contribution < -0.4 is 5.32 Å². The molecule has 0 bridgehead atoms. The van der Waals surface area contributed by atoms with Crippen molar-refractivity contribution in [2.45, 2.75) is 33.2 Å². The van der Waals surface area contributed by atoms with E-state index < -0.39 is 35.7 Å². The van der Waals surface area contributed by atoms with E-state index in [0.717, 1.165) is 5.56 Å². The molecular formula is C23H29ClN2O5. The van der Waals surface area contributed by atoms with Crippen LogP contribution in [-0.2, 0) is 19.1 Å². The highest BCUT2D eigenvalue weighted by Gasteiger charge is 2.57. The molecule has 1 aromatic carbocycles. The van der Waals surface area contributed by atoms with Crippen molar-refractivity contribution < 1.29 is 24.2 Å². The van der Waals surface area contributed by atoms with Crippen LogP contribution in [0.2, 0.25) is 5.02 Å². The lowest BCUT2D eigenvalue weighted by atomic mass is 9.69. The van der Waals surface area contributed by atoms with Crippen LogP contribution in [-0.4, -0.2) is 53.6 Å². The van der Waals surface area contributed by atoms with Crippen molar-refractivity contribution in [3.05, 3.63) is 40.9 Å². The van der Waals surface area contributed by atoms with E-state index in [0.29, 0.717) is 17.1 Å². The molecule has 0 saturated carbocycles. The summed E-state index contributed by atoms with van der Waals surface area (Å²) in [4.78, 5) is 40.9. The Labute approximate surface area is 187 Å². The van der Waals surface area contributed by atoms with Crippen LogP contribution in [0, 0.1) is 30.6 Å². The molecule has 1 heterocycles. The number of anilines is 1. The molecule has 2 N–H and O–H groups in total. The predicted molar refractivity (Wildman–Crippen MR) is 117 cm³/mol. The minimum absolute atomic E-state index is 0.00556. The van der Waals surface area contributed by atoms with Gasteiger partial charge in [0.05, 0.1) is 35.8 Å². The van der Waals surface area contributed by atoms with Crippen molar-refractivity contribution in [3.8, 4) is 0 Å². The number of hydrogen-bond acceptors (Lipinski definition) is 5. The highest BCUT2D eigenvalue weighted by atomic mass is 35.5. The zero-order valence-electron chi connectivity index (χ0n) is 18.0. The first-order chi connectivity index (χ1) is 14.8.